The summed E-state index contributed by atoms with van der Waals surface area (Å²) in [5.41, 5.74) is 25.1. The highest BCUT2D eigenvalue weighted by Crippen LogP contribution is 2.47. The van der Waals surface area contributed by atoms with Crippen LogP contribution in [0.2, 0.25) is 0 Å². The first-order valence-corrected chi connectivity index (χ1v) is 26.1. The normalized spacial score (nSPS) is 15.2. The summed E-state index contributed by atoms with van der Waals surface area (Å²) in [4.78, 5) is 16.6. The Labute approximate surface area is 418 Å². The Morgan fingerprint density at radius 2 is 0.403 bits per heavy atom. The number of nitrogens with one attached hydrogen (secondary N) is 4. The summed E-state index contributed by atoms with van der Waals surface area (Å²) in [5, 5.41) is 10.9. The SMILES string of the molecule is c1cc2c3c(ccc([C+]4c5ccc([nH]5)[C+](c5ccc6c7c(cccc57)CC6)c5ccc([nH]5)[C+](c5ccc6c7c(cccc57)CC6)c5ccc([nH]5)[C+](c5ccc6c7c(cccc57)CC6)c5ccc4[nH]5)c3c1)CC2. The molecule has 0 spiro atoms. The molecule has 0 fully saturated rings. The highest BCUT2D eigenvalue weighted by Gasteiger charge is 2.41. The fraction of sp³-hybridized carbons (Fsp3) is 0.118. The molecule has 0 atom stereocenters. The first-order valence-electron chi connectivity index (χ1n) is 26.1. The smallest absolute Gasteiger partial charge is 0.126 e. The molecule has 0 radical (unpaired) electrons. The third kappa shape index (κ3) is 5.41. The first-order chi connectivity index (χ1) is 35.7. The lowest BCUT2D eigenvalue weighted by atomic mass is 9.87. The topological polar surface area (TPSA) is 63.2 Å². The van der Waals surface area contributed by atoms with Crippen molar-refractivity contribution in [3.63, 3.8) is 0 Å². The van der Waals surface area contributed by atoms with Gasteiger partial charge in [-0.15, -0.1) is 0 Å². The Bertz CT molecular complexity index is 3610. The fourth-order valence-corrected chi connectivity index (χ4v) is 14.3. The average Bonchev–Trinajstić information content (AvgIpc) is 4.28. The van der Waals surface area contributed by atoms with Crippen LogP contribution < -0.4 is 0 Å². The molecule has 4 aromatic heterocycles. The van der Waals surface area contributed by atoms with Crippen LogP contribution in [0.25, 0.3) is 43.1 Å². The maximum atomic E-state index is 4.15. The largest absolute Gasteiger partial charge is 0.327 e. The van der Waals surface area contributed by atoms with E-state index >= 15 is 0 Å². The Morgan fingerprint density at radius 3 is 0.611 bits per heavy atom. The fourth-order valence-electron chi connectivity index (χ4n) is 14.3. The van der Waals surface area contributed by atoms with E-state index in [2.05, 4.69) is 190 Å². The summed E-state index contributed by atoms with van der Waals surface area (Å²) in [6, 6.07) is 65.4. The van der Waals surface area contributed by atoms with Crippen LogP contribution in [0.1, 0.15) is 112 Å². The van der Waals surface area contributed by atoms with Crippen LogP contribution in [-0.2, 0) is 51.4 Å². The first kappa shape index (κ1) is 39.2. The molecular weight excluding hydrogens is 873 g/mol. The predicted octanol–water partition coefficient (Wildman–Crippen LogP) is 14.4. The zero-order valence-corrected chi connectivity index (χ0v) is 39.8. The molecule has 0 saturated carbocycles. The molecule has 0 amide bonds. The van der Waals surface area contributed by atoms with Crippen molar-refractivity contribution >= 4 is 43.1 Å². The molecule has 0 unspecified atom stereocenters. The number of aryl methyl sites for hydroxylation is 8. The van der Waals surface area contributed by atoms with Gasteiger partial charge in [0, 0.05) is 45.8 Å². The Balaban J connectivity index is 0.948. The minimum Gasteiger partial charge on any atom is -0.327 e. The van der Waals surface area contributed by atoms with Gasteiger partial charge < -0.3 is 19.9 Å². The van der Waals surface area contributed by atoms with Crippen molar-refractivity contribution in [1.82, 2.24) is 19.9 Å². The lowest BCUT2D eigenvalue weighted by Gasteiger charge is -2.16. The summed E-state index contributed by atoms with van der Waals surface area (Å²) in [5.74, 6) is 4.65. The Hall–Kier alpha value is -8.60. The third-order valence-electron chi connectivity index (χ3n) is 17.5. The predicted molar refractivity (Wildman–Crippen MR) is 291 cm³/mol. The van der Waals surface area contributed by atoms with E-state index in [1.807, 2.05) is 0 Å². The van der Waals surface area contributed by atoms with E-state index in [0.717, 1.165) is 121 Å². The summed E-state index contributed by atoms with van der Waals surface area (Å²) in [7, 11) is 0. The zero-order chi connectivity index (χ0) is 46.8. The van der Waals surface area contributed by atoms with Gasteiger partial charge in [-0.2, -0.15) is 0 Å². The van der Waals surface area contributed by atoms with E-state index < -0.39 is 0 Å². The Kier molecular flexibility index (Phi) is 7.88. The van der Waals surface area contributed by atoms with Crippen LogP contribution >= 0.6 is 0 Å². The van der Waals surface area contributed by atoms with Crippen LogP contribution in [0.15, 0.2) is 170 Å². The average molecular weight is 921 g/mol. The molecule has 4 aliphatic carbocycles. The third-order valence-corrected chi connectivity index (χ3v) is 17.5. The number of benzene rings is 8. The molecular formula is C68H48N4+4. The van der Waals surface area contributed by atoms with Crippen molar-refractivity contribution in [1.29, 1.82) is 0 Å². The molecule has 17 rings (SSSR count). The molecule has 4 nitrogen and oxygen atoms in total. The lowest BCUT2D eigenvalue weighted by Crippen LogP contribution is -2.13. The van der Waals surface area contributed by atoms with Crippen molar-refractivity contribution in [2.75, 3.05) is 0 Å². The van der Waals surface area contributed by atoms with Gasteiger partial charge in [-0.05, 0) is 144 Å². The van der Waals surface area contributed by atoms with E-state index in [9.17, 15) is 0 Å². The number of H-pyrrole nitrogens is 4. The number of hydrogen-bond donors (Lipinski definition) is 4. The summed E-state index contributed by atoms with van der Waals surface area (Å²) in [6.07, 6.45) is 8.68. The lowest BCUT2D eigenvalue weighted by molar-refractivity contribution is 1.01. The van der Waals surface area contributed by atoms with E-state index in [-0.39, 0.29) is 0 Å². The molecule has 0 saturated heterocycles. The number of aromatic amines is 4. The van der Waals surface area contributed by atoms with Crippen molar-refractivity contribution in [3.05, 3.63) is 306 Å². The second-order valence-electron chi connectivity index (χ2n) is 21.1. The number of aromatic nitrogens is 4. The van der Waals surface area contributed by atoms with Gasteiger partial charge in [0.15, 0.2) is 0 Å². The molecule has 8 aromatic carbocycles. The highest BCUT2D eigenvalue weighted by atomic mass is 14.8. The van der Waals surface area contributed by atoms with Crippen LogP contribution in [0.3, 0.4) is 0 Å². The molecule has 4 heteroatoms. The second kappa shape index (κ2) is 14.5. The Morgan fingerprint density at radius 1 is 0.208 bits per heavy atom. The molecule has 4 N–H and O–H groups in total. The number of fused-ring (bicyclic) bond motifs is 8. The highest BCUT2D eigenvalue weighted by molar-refractivity contribution is 5.99. The van der Waals surface area contributed by atoms with Crippen molar-refractivity contribution < 1.29 is 0 Å². The van der Waals surface area contributed by atoms with Crippen molar-refractivity contribution in [2.24, 2.45) is 0 Å². The monoisotopic (exact) mass is 920 g/mol. The van der Waals surface area contributed by atoms with Crippen molar-refractivity contribution in [3.8, 4) is 0 Å². The van der Waals surface area contributed by atoms with Crippen LogP contribution in [-0.4, -0.2) is 19.9 Å². The summed E-state index contributed by atoms with van der Waals surface area (Å²) >= 11 is 0. The molecule has 5 heterocycles. The van der Waals surface area contributed by atoms with E-state index in [1.165, 1.54) is 110 Å². The van der Waals surface area contributed by atoms with Gasteiger partial charge in [0.25, 0.3) is 0 Å². The standard InChI is InChI=1S/C68H48N4/c1-5-37-13-17-41-21-25-49(45(9-1)61(37)41)65-53-29-31-55(69-53)66(50-26-22-42-18-14-38-6-2-10-46(50)62(38)42)57-33-35-59(71-57)68(52-28-24-44-20-16-40-8-4-12-48(52)64(40)44)60-36-34-58(72-60)67(56-32-30-54(65)70-56)51-27-23-43-19-15-39-7-3-11-47(51)63(39)43/h1-12,21-36,69-72H,13-20H2/q+4. The molecule has 72 heavy (non-hydrogen) atoms. The molecule has 5 aliphatic rings. The maximum Gasteiger partial charge on any atom is 0.126 e. The molecule has 12 aromatic rings. The minimum absolute atomic E-state index is 1.08. The van der Waals surface area contributed by atoms with Gasteiger partial charge in [0.2, 0.25) is 0 Å². The zero-order valence-electron chi connectivity index (χ0n) is 39.8. The van der Waals surface area contributed by atoms with Gasteiger partial charge in [0.1, 0.15) is 69.2 Å². The van der Waals surface area contributed by atoms with E-state index in [0.29, 0.717) is 0 Å². The van der Waals surface area contributed by atoms with Gasteiger partial charge >= 0.3 is 0 Å². The van der Waals surface area contributed by atoms with Crippen LogP contribution in [0.5, 0.6) is 0 Å². The molecule has 8 bridgehead atoms. The summed E-state index contributed by atoms with van der Waals surface area (Å²) in [6.45, 7) is 0. The van der Waals surface area contributed by atoms with Crippen LogP contribution in [0, 0.1) is 23.7 Å². The summed E-state index contributed by atoms with van der Waals surface area (Å²) < 4.78 is 0. The van der Waals surface area contributed by atoms with Crippen molar-refractivity contribution in [2.45, 2.75) is 51.4 Å². The molecule has 1 aliphatic heterocycles. The molecule has 336 valence electrons. The van der Waals surface area contributed by atoms with Gasteiger partial charge in [0.05, 0.1) is 92.3 Å². The van der Waals surface area contributed by atoms with Gasteiger partial charge in [-0.3, -0.25) is 0 Å². The van der Waals surface area contributed by atoms with E-state index in [1.54, 1.807) is 0 Å². The van der Waals surface area contributed by atoms with E-state index in [4.69, 9.17) is 0 Å². The quantitative estimate of drug-likeness (QED) is 0.127. The number of rotatable bonds is 4. The minimum atomic E-state index is 1.08. The number of hydrogen-bond acceptors (Lipinski definition) is 0. The second-order valence-corrected chi connectivity index (χ2v) is 21.1. The van der Waals surface area contributed by atoms with Gasteiger partial charge in [-0.25, -0.2) is 0 Å². The maximum absolute atomic E-state index is 4.15. The van der Waals surface area contributed by atoms with Crippen LogP contribution in [0.4, 0.5) is 0 Å². The van der Waals surface area contributed by atoms with Gasteiger partial charge in [-0.1, -0.05) is 48.5 Å².